The highest BCUT2D eigenvalue weighted by Gasteiger charge is 2.15. The molecule has 0 saturated heterocycles. The lowest BCUT2D eigenvalue weighted by Gasteiger charge is -2.10. The van der Waals surface area contributed by atoms with Crippen LogP contribution in [0.1, 0.15) is 38.1 Å². The molecule has 9 heteroatoms. The van der Waals surface area contributed by atoms with Gasteiger partial charge in [0.05, 0.1) is 11.4 Å². The lowest BCUT2D eigenvalue weighted by molar-refractivity contribution is -0.113. The number of thioether (sulfide) groups is 1. The molecule has 0 radical (unpaired) electrons. The lowest BCUT2D eigenvalue weighted by Crippen LogP contribution is -2.15. The first-order valence-corrected chi connectivity index (χ1v) is 11.7. The Labute approximate surface area is 193 Å². The van der Waals surface area contributed by atoms with Crippen LogP contribution in [0.2, 0.25) is 0 Å². The summed E-state index contributed by atoms with van der Waals surface area (Å²) in [7, 11) is 0. The minimum atomic E-state index is -0.495. The molecule has 3 rings (SSSR count). The van der Waals surface area contributed by atoms with Crippen molar-refractivity contribution >= 4 is 39.3 Å². The van der Waals surface area contributed by atoms with Gasteiger partial charge in [-0.3, -0.25) is 4.79 Å². The van der Waals surface area contributed by atoms with Crippen LogP contribution in [0.3, 0.4) is 0 Å². The van der Waals surface area contributed by atoms with Gasteiger partial charge in [-0.25, -0.2) is 4.39 Å². The monoisotopic (exact) mass is 506 g/mol. The highest BCUT2D eigenvalue weighted by molar-refractivity contribution is 9.10. The van der Waals surface area contributed by atoms with E-state index in [1.54, 1.807) is 6.07 Å². The molecule has 0 saturated carbocycles. The number of hydrogen-bond acceptors (Lipinski definition) is 5. The topological polar surface area (TPSA) is 69.0 Å². The summed E-state index contributed by atoms with van der Waals surface area (Å²) in [5.41, 5.74) is 1.40. The van der Waals surface area contributed by atoms with Crippen LogP contribution in [-0.2, 0) is 17.9 Å². The van der Waals surface area contributed by atoms with Crippen LogP contribution in [0.5, 0.6) is 5.75 Å². The quantitative estimate of drug-likeness (QED) is 0.380. The Morgan fingerprint density at radius 1 is 1.23 bits per heavy atom. The molecule has 0 aliphatic heterocycles. The maximum atomic E-state index is 13.9. The van der Waals surface area contributed by atoms with Gasteiger partial charge in [-0.15, -0.1) is 10.2 Å². The van der Waals surface area contributed by atoms with E-state index in [-0.39, 0.29) is 24.0 Å². The Kier molecular flexibility index (Phi) is 8.09. The predicted molar refractivity (Wildman–Crippen MR) is 124 cm³/mol. The van der Waals surface area contributed by atoms with Crippen molar-refractivity contribution in [2.75, 3.05) is 11.1 Å². The SMILES string of the molecule is CCn1c(COc2ccc(C(C)C)cc2)nnc1SCC(=O)Nc1ccc(Br)cc1F. The zero-order chi connectivity index (χ0) is 22.4. The fourth-order valence-corrected chi connectivity index (χ4v) is 4.01. The van der Waals surface area contributed by atoms with E-state index in [9.17, 15) is 9.18 Å². The first-order valence-electron chi connectivity index (χ1n) is 9.90. The Hall–Kier alpha value is -2.39. The van der Waals surface area contributed by atoms with E-state index in [0.29, 0.717) is 27.9 Å². The second kappa shape index (κ2) is 10.8. The molecule has 0 aliphatic rings. The van der Waals surface area contributed by atoms with Crippen molar-refractivity contribution in [3.8, 4) is 5.75 Å². The van der Waals surface area contributed by atoms with Crippen molar-refractivity contribution in [1.29, 1.82) is 0 Å². The Morgan fingerprint density at radius 2 is 1.97 bits per heavy atom. The van der Waals surface area contributed by atoms with Crippen molar-refractivity contribution < 1.29 is 13.9 Å². The fourth-order valence-electron chi connectivity index (χ4n) is 2.85. The molecule has 0 fully saturated rings. The predicted octanol–water partition coefficient (Wildman–Crippen LogP) is 5.63. The molecule has 0 spiro atoms. The first-order chi connectivity index (χ1) is 14.9. The van der Waals surface area contributed by atoms with Gasteiger partial charge >= 0.3 is 0 Å². The Morgan fingerprint density at radius 3 is 2.61 bits per heavy atom. The third-order valence-corrected chi connectivity index (χ3v) is 6.02. The van der Waals surface area contributed by atoms with E-state index in [1.165, 1.54) is 29.5 Å². The summed E-state index contributed by atoms with van der Waals surface area (Å²) in [5.74, 6) is 1.18. The molecule has 0 aliphatic carbocycles. The molecule has 1 heterocycles. The van der Waals surface area contributed by atoms with Gasteiger partial charge in [0.1, 0.15) is 18.2 Å². The molecule has 1 aromatic heterocycles. The smallest absolute Gasteiger partial charge is 0.234 e. The Bertz CT molecular complexity index is 1040. The summed E-state index contributed by atoms with van der Waals surface area (Å²) in [5, 5.41) is 11.6. The van der Waals surface area contributed by atoms with Crippen molar-refractivity contribution in [1.82, 2.24) is 14.8 Å². The second-order valence-electron chi connectivity index (χ2n) is 7.12. The van der Waals surface area contributed by atoms with E-state index in [4.69, 9.17) is 4.74 Å². The van der Waals surface area contributed by atoms with Crippen molar-refractivity contribution in [2.45, 2.75) is 45.0 Å². The molecule has 0 atom stereocenters. The van der Waals surface area contributed by atoms with E-state index in [1.807, 2.05) is 23.6 Å². The number of hydrogen-bond donors (Lipinski definition) is 1. The molecular weight excluding hydrogens is 483 g/mol. The number of halogens is 2. The number of carbonyl (C=O) groups excluding carboxylic acids is 1. The van der Waals surface area contributed by atoms with E-state index >= 15 is 0 Å². The summed E-state index contributed by atoms with van der Waals surface area (Å²) < 4.78 is 22.3. The Balaban J connectivity index is 1.57. The van der Waals surface area contributed by atoms with E-state index in [0.717, 1.165) is 5.75 Å². The number of aromatic nitrogens is 3. The first kappa shape index (κ1) is 23.3. The van der Waals surface area contributed by atoms with Crippen molar-refractivity contribution in [2.24, 2.45) is 0 Å². The molecule has 3 aromatic rings. The molecule has 6 nitrogen and oxygen atoms in total. The summed E-state index contributed by atoms with van der Waals surface area (Å²) in [4.78, 5) is 12.2. The number of benzene rings is 2. The molecule has 0 bridgehead atoms. The number of nitrogens with one attached hydrogen (secondary N) is 1. The summed E-state index contributed by atoms with van der Waals surface area (Å²) in [6, 6.07) is 12.5. The van der Waals surface area contributed by atoms with Crippen LogP contribution in [0.25, 0.3) is 0 Å². The molecule has 0 unspecified atom stereocenters. The van der Waals surface area contributed by atoms with Crippen molar-refractivity contribution in [3.63, 3.8) is 0 Å². The van der Waals surface area contributed by atoms with Crippen LogP contribution in [-0.4, -0.2) is 26.4 Å². The summed E-state index contributed by atoms with van der Waals surface area (Å²) >= 11 is 4.44. The number of carbonyl (C=O) groups is 1. The number of rotatable bonds is 9. The van der Waals surface area contributed by atoms with E-state index < -0.39 is 5.82 Å². The lowest BCUT2D eigenvalue weighted by atomic mass is 10.0. The van der Waals surface area contributed by atoms with Gasteiger partial charge in [0.25, 0.3) is 0 Å². The molecular formula is C22H24BrFN4O2S. The van der Waals surface area contributed by atoms with Gasteiger partial charge in [0, 0.05) is 11.0 Å². The summed E-state index contributed by atoms with van der Waals surface area (Å²) in [6.07, 6.45) is 0. The maximum Gasteiger partial charge on any atom is 0.234 e. The van der Waals surface area contributed by atoms with Crippen molar-refractivity contribution in [3.05, 3.63) is 64.1 Å². The highest BCUT2D eigenvalue weighted by atomic mass is 79.9. The van der Waals surface area contributed by atoms with Gasteiger partial charge in [-0.2, -0.15) is 0 Å². The van der Waals surface area contributed by atoms with Crippen LogP contribution in [0.4, 0.5) is 10.1 Å². The fraction of sp³-hybridized carbons (Fsp3) is 0.318. The minimum absolute atomic E-state index is 0.0885. The summed E-state index contributed by atoms with van der Waals surface area (Å²) in [6.45, 7) is 7.19. The second-order valence-corrected chi connectivity index (χ2v) is 8.97. The zero-order valence-corrected chi connectivity index (χ0v) is 20.0. The third-order valence-electron chi connectivity index (χ3n) is 4.56. The van der Waals surface area contributed by atoms with Crippen LogP contribution < -0.4 is 10.1 Å². The van der Waals surface area contributed by atoms with Gasteiger partial charge in [-0.1, -0.05) is 53.7 Å². The molecule has 2 aromatic carbocycles. The third kappa shape index (κ3) is 6.30. The van der Waals surface area contributed by atoms with Crippen LogP contribution >= 0.6 is 27.7 Å². The average Bonchev–Trinajstić information content (AvgIpc) is 3.15. The van der Waals surface area contributed by atoms with E-state index in [2.05, 4.69) is 57.4 Å². The largest absolute Gasteiger partial charge is 0.486 e. The molecule has 31 heavy (non-hydrogen) atoms. The number of nitrogens with zero attached hydrogens (tertiary/aromatic N) is 3. The maximum absolute atomic E-state index is 13.9. The molecule has 1 N–H and O–H groups in total. The average molecular weight is 507 g/mol. The highest BCUT2D eigenvalue weighted by Crippen LogP contribution is 2.22. The van der Waals surface area contributed by atoms with Crippen LogP contribution in [0, 0.1) is 5.82 Å². The normalized spacial score (nSPS) is 11.0. The van der Waals surface area contributed by atoms with Gasteiger partial charge in [0.2, 0.25) is 5.91 Å². The number of ether oxygens (including phenoxy) is 1. The number of amides is 1. The van der Waals surface area contributed by atoms with Gasteiger partial charge in [-0.05, 0) is 48.7 Å². The standard InChI is InChI=1S/C22H24BrFN4O2S/c1-4-28-20(12-30-17-8-5-15(6-9-17)14(2)3)26-27-22(28)31-13-21(29)25-19-10-7-16(23)11-18(19)24/h5-11,14H,4,12-13H2,1-3H3,(H,25,29). The number of anilines is 1. The molecule has 1 amide bonds. The minimum Gasteiger partial charge on any atom is -0.486 e. The van der Waals surface area contributed by atoms with Gasteiger partial charge < -0.3 is 14.6 Å². The molecule has 164 valence electrons. The van der Waals surface area contributed by atoms with Gasteiger partial charge in [0.15, 0.2) is 11.0 Å². The van der Waals surface area contributed by atoms with Crippen LogP contribution in [0.15, 0.2) is 52.1 Å². The zero-order valence-electron chi connectivity index (χ0n) is 17.6.